The Kier molecular flexibility index (Phi) is 4.54. The lowest BCUT2D eigenvalue weighted by Crippen LogP contribution is -2.48. The van der Waals surface area contributed by atoms with Crippen molar-refractivity contribution in [3.05, 3.63) is 17.0 Å². The predicted octanol–water partition coefficient (Wildman–Crippen LogP) is 1.64. The van der Waals surface area contributed by atoms with E-state index in [2.05, 4.69) is 15.3 Å². The van der Waals surface area contributed by atoms with Crippen molar-refractivity contribution in [3.8, 4) is 0 Å². The molecule has 1 aromatic heterocycles. The van der Waals surface area contributed by atoms with Gasteiger partial charge >= 0.3 is 0 Å². The summed E-state index contributed by atoms with van der Waals surface area (Å²) in [6.07, 6.45) is 3.82. The molecule has 1 aliphatic heterocycles. The molecule has 1 unspecified atom stereocenters. The summed E-state index contributed by atoms with van der Waals surface area (Å²) in [5.41, 5.74) is 0.809. The van der Waals surface area contributed by atoms with Gasteiger partial charge in [-0.15, -0.1) is 0 Å². The molecule has 2 rings (SSSR count). The molecule has 7 heteroatoms. The number of carbonyl (C=O) groups is 2. The SMILES string of the molecule is CCCc1c(Cl)ncnc1NC1CCC(=O)N(C)C1=O. The van der Waals surface area contributed by atoms with Crippen molar-refractivity contribution in [1.82, 2.24) is 14.9 Å². The van der Waals surface area contributed by atoms with Crippen LogP contribution in [0.25, 0.3) is 0 Å². The normalized spacial score (nSPS) is 19.4. The number of hydrogen-bond donors (Lipinski definition) is 1. The van der Waals surface area contributed by atoms with Crippen LogP contribution in [0.1, 0.15) is 31.7 Å². The largest absolute Gasteiger partial charge is 0.358 e. The van der Waals surface area contributed by atoms with Crippen LogP contribution in [0.4, 0.5) is 5.82 Å². The Morgan fingerprint density at radius 2 is 2.20 bits per heavy atom. The maximum atomic E-state index is 12.1. The van der Waals surface area contributed by atoms with E-state index in [1.807, 2.05) is 6.92 Å². The molecule has 0 bridgehead atoms. The summed E-state index contributed by atoms with van der Waals surface area (Å²) >= 11 is 6.07. The molecule has 6 nitrogen and oxygen atoms in total. The van der Waals surface area contributed by atoms with Crippen LogP contribution in [-0.4, -0.2) is 39.8 Å². The molecule has 0 radical (unpaired) electrons. The number of piperidine rings is 1. The zero-order valence-corrected chi connectivity index (χ0v) is 12.3. The van der Waals surface area contributed by atoms with Gasteiger partial charge in [-0.05, 0) is 12.8 Å². The highest BCUT2D eigenvalue weighted by Gasteiger charge is 2.32. The molecule has 0 aliphatic carbocycles. The first kappa shape index (κ1) is 14.7. The molecule has 0 aromatic carbocycles. The Balaban J connectivity index is 2.20. The Labute approximate surface area is 122 Å². The number of halogens is 1. The van der Waals surface area contributed by atoms with Gasteiger partial charge in [-0.25, -0.2) is 9.97 Å². The molecule has 0 saturated carbocycles. The molecular formula is C13H17ClN4O2. The molecule has 1 atom stereocenters. The lowest BCUT2D eigenvalue weighted by atomic mass is 10.0. The van der Waals surface area contributed by atoms with Crippen LogP contribution in [0.2, 0.25) is 5.15 Å². The molecule has 1 saturated heterocycles. The maximum absolute atomic E-state index is 12.1. The molecule has 1 aromatic rings. The highest BCUT2D eigenvalue weighted by atomic mass is 35.5. The van der Waals surface area contributed by atoms with Gasteiger partial charge in [0.25, 0.3) is 5.91 Å². The van der Waals surface area contributed by atoms with Gasteiger partial charge in [-0.3, -0.25) is 14.5 Å². The van der Waals surface area contributed by atoms with E-state index >= 15 is 0 Å². The first-order chi connectivity index (χ1) is 9.54. The Morgan fingerprint density at radius 1 is 1.45 bits per heavy atom. The molecule has 2 amide bonds. The van der Waals surface area contributed by atoms with E-state index in [9.17, 15) is 9.59 Å². The average molecular weight is 297 g/mol. The van der Waals surface area contributed by atoms with Gasteiger partial charge in [0.05, 0.1) is 0 Å². The van der Waals surface area contributed by atoms with Gasteiger partial charge < -0.3 is 5.32 Å². The van der Waals surface area contributed by atoms with E-state index in [1.165, 1.54) is 13.4 Å². The zero-order valence-electron chi connectivity index (χ0n) is 11.5. The third kappa shape index (κ3) is 2.90. The number of hydrogen-bond acceptors (Lipinski definition) is 5. The number of anilines is 1. The number of amides is 2. The van der Waals surface area contributed by atoms with E-state index < -0.39 is 6.04 Å². The minimum absolute atomic E-state index is 0.150. The fourth-order valence-electron chi connectivity index (χ4n) is 2.20. The van der Waals surface area contributed by atoms with Crippen LogP contribution in [-0.2, 0) is 16.0 Å². The molecular weight excluding hydrogens is 280 g/mol. The van der Waals surface area contributed by atoms with Crippen LogP contribution in [0.3, 0.4) is 0 Å². The zero-order chi connectivity index (χ0) is 14.7. The van der Waals surface area contributed by atoms with Gasteiger partial charge in [0.1, 0.15) is 23.3 Å². The van der Waals surface area contributed by atoms with Gasteiger partial charge in [0, 0.05) is 19.0 Å². The van der Waals surface area contributed by atoms with Crippen LogP contribution < -0.4 is 5.32 Å². The van der Waals surface area contributed by atoms with Crippen molar-refractivity contribution in [3.63, 3.8) is 0 Å². The lowest BCUT2D eigenvalue weighted by Gasteiger charge is -2.29. The molecule has 0 spiro atoms. The van der Waals surface area contributed by atoms with Gasteiger partial charge in [-0.1, -0.05) is 24.9 Å². The standard InChI is InChI=1S/C13H17ClN4O2/c1-3-4-8-11(14)15-7-16-12(8)17-9-5-6-10(19)18(2)13(9)20/h7,9H,3-6H2,1-2H3,(H,15,16,17). The van der Waals surface area contributed by atoms with Gasteiger partial charge in [0.2, 0.25) is 5.91 Å². The van der Waals surface area contributed by atoms with E-state index in [1.54, 1.807) is 0 Å². The number of likely N-dealkylation sites (tertiary alicyclic amines) is 1. The second kappa shape index (κ2) is 6.17. The van der Waals surface area contributed by atoms with Crippen molar-refractivity contribution >= 4 is 29.2 Å². The molecule has 2 heterocycles. The fraction of sp³-hybridized carbons (Fsp3) is 0.538. The fourth-order valence-corrected chi connectivity index (χ4v) is 2.43. The van der Waals surface area contributed by atoms with Crippen molar-refractivity contribution in [2.24, 2.45) is 0 Å². The molecule has 1 fully saturated rings. The number of nitrogens with one attached hydrogen (secondary N) is 1. The third-order valence-electron chi connectivity index (χ3n) is 3.35. The number of carbonyl (C=O) groups excluding carboxylic acids is 2. The Bertz CT molecular complexity index is 535. The van der Waals surface area contributed by atoms with Gasteiger partial charge in [0.15, 0.2) is 0 Å². The van der Waals surface area contributed by atoms with E-state index in [-0.39, 0.29) is 11.8 Å². The van der Waals surface area contributed by atoms with Crippen molar-refractivity contribution in [2.45, 2.75) is 38.6 Å². The molecule has 1 aliphatic rings. The van der Waals surface area contributed by atoms with Crippen molar-refractivity contribution in [2.75, 3.05) is 12.4 Å². The molecule has 108 valence electrons. The summed E-state index contributed by atoms with van der Waals surface area (Å²) < 4.78 is 0. The van der Waals surface area contributed by atoms with Crippen molar-refractivity contribution < 1.29 is 9.59 Å². The third-order valence-corrected chi connectivity index (χ3v) is 3.68. The Hall–Kier alpha value is -1.69. The van der Waals surface area contributed by atoms with E-state index in [4.69, 9.17) is 11.6 Å². The summed E-state index contributed by atoms with van der Waals surface area (Å²) in [6.45, 7) is 2.03. The molecule has 1 N–H and O–H groups in total. The van der Waals surface area contributed by atoms with Crippen LogP contribution in [0.5, 0.6) is 0 Å². The summed E-state index contributed by atoms with van der Waals surface area (Å²) in [7, 11) is 1.50. The Morgan fingerprint density at radius 3 is 2.90 bits per heavy atom. The summed E-state index contributed by atoms with van der Waals surface area (Å²) in [6, 6.07) is -0.445. The monoisotopic (exact) mass is 296 g/mol. The summed E-state index contributed by atoms with van der Waals surface area (Å²) in [5, 5.41) is 3.50. The van der Waals surface area contributed by atoms with E-state index in [0.29, 0.717) is 23.8 Å². The van der Waals surface area contributed by atoms with E-state index in [0.717, 1.165) is 23.3 Å². The highest BCUT2D eigenvalue weighted by Crippen LogP contribution is 2.24. The quantitative estimate of drug-likeness (QED) is 0.675. The second-order valence-electron chi connectivity index (χ2n) is 4.77. The predicted molar refractivity (Wildman–Crippen MR) is 75.5 cm³/mol. The number of rotatable bonds is 4. The maximum Gasteiger partial charge on any atom is 0.251 e. The average Bonchev–Trinajstić information content (AvgIpc) is 2.43. The number of nitrogens with zero attached hydrogens (tertiary/aromatic N) is 3. The van der Waals surface area contributed by atoms with Crippen LogP contribution >= 0.6 is 11.6 Å². The first-order valence-electron chi connectivity index (χ1n) is 6.61. The number of likely N-dealkylation sites (N-methyl/N-ethyl adjacent to an activating group) is 1. The minimum atomic E-state index is -0.445. The lowest BCUT2D eigenvalue weighted by molar-refractivity contribution is -0.146. The highest BCUT2D eigenvalue weighted by molar-refractivity contribution is 6.30. The smallest absolute Gasteiger partial charge is 0.251 e. The number of aromatic nitrogens is 2. The topological polar surface area (TPSA) is 75.2 Å². The summed E-state index contributed by atoms with van der Waals surface area (Å²) in [4.78, 5) is 32.8. The van der Waals surface area contributed by atoms with Gasteiger partial charge in [-0.2, -0.15) is 0 Å². The first-order valence-corrected chi connectivity index (χ1v) is 6.98. The van der Waals surface area contributed by atoms with Crippen LogP contribution in [0.15, 0.2) is 6.33 Å². The summed E-state index contributed by atoms with van der Waals surface area (Å²) in [5.74, 6) is 0.189. The molecule has 20 heavy (non-hydrogen) atoms. The van der Waals surface area contributed by atoms with Crippen LogP contribution in [0, 0.1) is 0 Å². The minimum Gasteiger partial charge on any atom is -0.358 e. The number of imide groups is 1. The van der Waals surface area contributed by atoms with Crippen molar-refractivity contribution in [1.29, 1.82) is 0 Å². The second-order valence-corrected chi connectivity index (χ2v) is 5.13.